The van der Waals surface area contributed by atoms with E-state index >= 15 is 0 Å². The molecule has 0 bridgehead atoms. The maximum absolute atomic E-state index is 14.3. The number of fused-ring (bicyclic) bond motifs is 2. The van der Waals surface area contributed by atoms with Gasteiger partial charge in [0.05, 0.1) is 28.1 Å². The number of nitrogens with two attached hydrogens (primary N) is 1. The number of hydrogen-bond acceptors (Lipinski definition) is 12. The van der Waals surface area contributed by atoms with Gasteiger partial charge in [0.2, 0.25) is 11.8 Å². The number of hydrogen-bond donors (Lipinski definition) is 5. The van der Waals surface area contributed by atoms with Crippen molar-refractivity contribution in [2.45, 2.75) is 63.6 Å². The van der Waals surface area contributed by atoms with E-state index in [-0.39, 0.29) is 69.0 Å². The number of carbonyl (C=O) groups is 7. The molecule has 21 heteroatoms. The number of amides is 7. The number of nitrogens with one attached hydrogen (secondary N) is 4. The molecule has 1 unspecified atom stereocenters. The van der Waals surface area contributed by atoms with Crippen LogP contribution in [0.2, 0.25) is 0 Å². The van der Waals surface area contributed by atoms with Crippen LogP contribution in [0.25, 0.3) is 21.5 Å². The fourth-order valence-corrected chi connectivity index (χ4v) is 8.53. The molecule has 2 aliphatic rings. The highest BCUT2D eigenvalue weighted by atomic mass is 32.1. The van der Waals surface area contributed by atoms with Gasteiger partial charge in [-0.15, -0.1) is 11.3 Å². The number of piperidine rings is 1. The van der Waals surface area contributed by atoms with Crippen LogP contribution in [0.15, 0.2) is 72.8 Å². The Kier molecular flexibility index (Phi) is 14.8. The maximum Gasteiger partial charge on any atom is 0.417 e. The number of thiophene rings is 1. The molecule has 7 amide bonds. The van der Waals surface area contributed by atoms with Crippen molar-refractivity contribution < 1.29 is 60.6 Å². The Morgan fingerprint density at radius 1 is 0.836 bits per heavy atom. The number of imide groups is 2. The Morgan fingerprint density at radius 3 is 2.12 bits per heavy atom. The second-order valence-electron chi connectivity index (χ2n) is 15.6. The minimum Gasteiger partial charge on any atom is -0.484 e. The molecule has 350 valence electrons. The standard InChI is InChI=1S/C46H43F4N7O9S/c47-26-12-14-27(15-13-26)54-42(62)40-39(51)38-30(46(48,49)50)22-31(55-43(38)67-40)25-10-16-28(17-11-25)65-23-35(59)52-20-5-3-1-2-4-6-21-53-36(60)24-66-33-9-7-8-29-37(33)45(64)57(44(29)63)32-18-19-34(58)56-41(32)61/h7-17,22,32H,1-6,18-21,23-24,51H2,(H,52,59)(H,53,60)(H,54,62)(H,56,58,61). The third-order valence-electron chi connectivity index (χ3n) is 10.9. The number of aromatic nitrogens is 1. The number of pyridine rings is 1. The lowest BCUT2D eigenvalue weighted by Crippen LogP contribution is -2.54. The monoisotopic (exact) mass is 945 g/mol. The van der Waals surface area contributed by atoms with Crippen molar-refractivity contribution in [3.05, 3.63) is 100 Å². The topological polar surface area (TPSA) is 228 Å². The van der Waals surface area contributed by atoms with Gasteiger partial charge >= 0.3 is 6.18 Å². The number of rotatable bonds is 19. The van der Waals surface area contributed by atoms with Gasteiger partial charge in [-0.25, -0.2) is 9.37 Å². The van der Waals surface area contributed by atoms with Gasteiger partial charge in [-0.2, -0.15) is 13.2 Å². The van der Waals surface area contributed by atoms with E-state index in [1.165, 1.54) is 54.6 Å². The van der Waals surface area contributed by atoms with Crippen LogP contribution in [0.1, 0.15) is 87.3 Å². The van der Waals surface area contributed by atoms with Crippen molar-refractivity contribution in [2.24, 2.45) is 0 Å². The lowest BCUT2D eigenvalue weighted by Gasteiger charge is -2.27. The Labute approximate surface area is 383 Å². The Hall–Kier alpha value is -7.42. The van der Waals surface area contributed by atoms with Crippen molar-refractivity contribution in [3.8, 4) is 22.8 Å². The molecule has 2 aromatic heterocycles. The fourth-order valence-electron chi connectivity index (χ4n) is 7.52. The summed E-state index contributed by atoms with van der Waals surface area (Å²) in [7, 11) is 0. The number of alkyl halides is 3. The van der Waals surface area contributed by atoms with Crippen molar-refractivity contribution in [1.82, 2.24) is 25.8 Å². The summed E-state index contributed by atoms with van der Waals surface area (Å²) in [6.07, 6.45) is 0.107. The molecule has 0 saturated carbocycles. The van der Waals surface area contributed by atoms with Crippen LogP contribution in [0.3, 0.4) is 0 Å². The van der Waals surface area contributed by atoms with Crippen LogP contribution in [0, 0.1) is 5.82 Å². The number of nitrogens with zero attached hydrogens (tertiary/aromatic N) is 2. The van der Waals surface area contributed by atoms with Crippen LogP contribution >= 0.6 is 11.3 Å². The van der Waals surface area contributed by atoms with Crippen LogP contribution in [0.4, 0.5) is 28.9 Å². The second kappa shape index (κ2) is 20.8. The summed E-state index contributed by atoms with van der Waals surface area (Å²) in [6.45, 7) is 0.138. The molecule has 7 rings (SSSR count). The Morgan fingerprint density at radius 2 is 1.48 bits per heavy atom. The predicted octanol–water partition coefficient (Wildman–Crippen LogP) is 6.39. The molecule has 3 aromatic carbocycles. The molecule has 1 atom stereocenters. The third-order valence-corrected chi connectivity index (χ3v) is 12.0. The van der Waals surface area contributed by atoms with Crippen LogP contribution in [-0.2, 0) is 25.4 Å². The molecular formula is C46H43F4N7O9S. The van der Waals surface area contributed by atoms with E-state index in [1.807, 2.05) is 0 Å². The van der Waals surface area contributed by atoms with E-state index in [4.69, 9.17) is 15.2 Å². The van der Waals surface area contributed by atoms with Crippen LogP contribution in [0.5, 0.6) is 11.5 Å². The zero-order valence-corrected chi connectivity index (χ0v) is 36.4. The van der Waals surface area contributed by atoms with E-state index in [0.717, 1.165) is 55.2 Å². The molecule has 0 spiro atoms. The van der Waals surface area contributed by atoms with Gasteiger partial charge in [-0.1, -0.05) is 31.7 Å². The van der Waals surface area contributed by atoms with Gasteiger partial charge in [0.1, 0.15) is 33.1 Å². The SMILES string of the molecule is Nc1c(C(=O)Nc2ccc(F)cc2)sc2nc(-c3ccc(OCC(=O)NCCCCCCCCNC(=O)COc4cccc5c4C(=O)N(C4CCC(=O)NC4=O)C5=O)cc3)cc(C(F)(F)F)c12. The number of halogens is 4. The molecule has 0 aliphatic carbocycles. The van der Waals surface area contributed by atoms with E-state index in [1.54, 1.807) is 0 Å². The number of nitrogen functional groups attached to an aromatic ring is 1. The number of anilines is 2. The van der Waals surface area contributed by atoms with Gasteiger partial charge in [-0.3, -0.25) is 43.8 Å². The first-order valence-corrected chi connectivity index (χ1v) is 22.0. The van der Waals surface area contributed by atoms with Gasteiger partial charge in [-0.05, 0) is 86.0 Å². The highest BCUT2D eigenvalue weighted by Crippen LogP contribution is 2.44. The van der Waals surface area contributed by atoms with Gasteiger partial charge in [0, 0.05) is 36.1 Å². The van der Waals surface area contributed by atoms with Crippen LogP contribution in [-0.4, -0.2) is 83.6 Å². The second-order valence-corrected chi connectivity index (χ2v) is 16.6. The Bertz CT molecular complexity index is 2730. The first-order valence-electron chi connectivity index (χ1n) is 21.2. The average Bonchev–Trinajstić information content (AvgIpc) is 3.77. The largest absolute Gasteiger partial charge is 0.484 e. The highest BCUT2D eigenvalue weighted by Gasteiger charge is 2.46. The zero-order chi connectivity index (χ0) is 47.8. The minimum atomic E-state index is -4.83. The third kappa shape index (κ3) is 11.3. The van der Waals surface area contributed by atoms with Gasteiger partial charge in [0.15, 0.2) is 13.2 Å². The molecule has 6 N–H and O–H groups in total. The first kappa shape index (κ1) is 47.5. The molecule has 1 saturated heterocycles. The molecule has 5 aromatic rings. The summed E-state index contributed by atoms with van der Waals surface area (Å²) >= 11 is 0.696. The lowest BCUT2D eigenvalue weighted by molar-refractivity contribution is -0.137. The smallest absolute Gasteiger partial charge is 0.417 e. The van der Waals surface area contributed by atoms with Gasteiger partial charge in [0.25, 0.3) is 29.5 Å². The summed E-state index contributed by atoms with van der Waals surface area (Å²) < 4.78 is 67.4. The molecule has 16 nitrogen and oxygen atoms in total. The number of unbranched alkanes of at least 4 members (excludes halogenated alkanes) is 5. The van der Waals surface area contributed by atoms with Crippen molar-refractivity contribution >= 4 is 74.3 Å². The summed E-state index contributed by atoms with van der Waals surface area (Å²) in [5.41, 5.74) is 5.16. The number of benzene rings is 3. The molecule has 67 heavy (non-hydrogen) atoms. The molecule has 0 radical (unpaired) electrons. The number of carbonyl (C=O) groups excluding carboxylic acids is 7. The molecular weight excluding hydrogens is 903 g/mol. The molecule has 1 fully saturated rings. The summed E-state index contributed by atoms with van der Waals surface area (Å²) in [6, 6.07) is 15.0. The van der Waals surface area contributed by atoms with E-state index in [0.29, 0.717) is 42.2 Å². The van der Waals surface area contributed by atoms with Crippen molar-refractivity contribution in [3.63, 3.8) is 0 Å². The zero-order valence-electron chi connectivity index (χ0n) is 35.6. The van der Waals surface area contributed by atoms with E-state index in [2.05, 4.69) is 26.3 Å². The summed E-state index contributed by atoms with van der Waals surface area (Å²) in [4.78, 5) is 92.9. The van der Waals surface area contributed by atoms with Crippen molar-refractivity contribution in [2.75, 3.05) is 37.4 Å². The van der Waals surface area contributed by atoms with E-state index in [9.17, 15) is 51.1 Å². The number of ether oxygens (including phenoxy) is 2. The first-order chi connectivity index (χ1) is 32.1. The normalized spacial score (nSPS) is 14.7. The summed E-state index contributed by atoms with van der Waals surface area (Å²) in [5, 5.41) is 9.79. The van der Waals surface area contributed by atoms with Crippen molar-refractivity contribution in [1.29, 1.82) is 0 Å². The minimum absolute atomic E-state index is 0.00936. The summed E-state index contributed by atoms with van der Waals surface area (Å²) in [5.74, 6) is -4.35. The Balaban J connectivity index is 0.775. The highest BCUT2D eigenvalue weighted by molar-refractivity contribution is 7.21. The van der Waals surface area contributed by atoms with Crippen LogP contribution < -0.4 is 36.5 Å². The predicted molar refractivity (Wildman–Crippen MR) is 237 cm³/mol. The molecule has 2 aliphatic heterocycles. The fraction of sp³-hybridized carbons (Fsp3) is 0.304. The maximum atomic E-state index is 14.3. The lowest BCUT2D eigenvalue weighted by atomic mass is 10.0. The average molecular weight is 946 g/mol. The molecule has 4 heterocycles. The van der Waals surface area contributed by atoms with E-state index < -0.39 is 71.0 Å². The quantitative estimate of drug-likeness (QED) is 0.0346. The van der Waals surface area contributed by atoms with Gasteiger partial charge < -0.3 is 31.2 Å².